The summed E-state index contributed by atoms with van der Waals surface area (Å²) in [5.41, 5.74) is -1.40. The number of carbonyl (C=O) groups excluding carboxylic acids is 3. The van der Waals surface area contributed by atoms with Crippen LogP contribution in [0.15, 0.2) is 36.7 Å². The maximum absolute atomic E-state index is 14.4. The summed E-state index contributed by atoms with van der Waals surface area (Å²) in [4.78, 5) is 51.5. The van der Waals surface area contributed by atoms with Crippen LogP contribution in [0.5, 0.6) is 5.75 Å². The molecule has 17 heteroatoms. The van der Waals surface area contributed by atoms with Crippen LogP contribution in [0.4, 0.5) is 5.82 Å². The number of amides is 1. The highest BCUT2D eigenvalue weighted by molar-refractivity contribution is 7.52. The fraction of sp³-hybridized carbons (Fsp3) is 0.543. The molecule has 52 heavy (non-hydrogen) atoms. The number of hydrogen-bond donors (Lipinski definition) is 2. The van der Waals surface area contributed by atoms with Crippen molar-refractivity contribution in [1.29, 1.82) is 0 Å². The summed E-state index contributed by atoms with van der Waals surface area (Å²) < 4.78 is 45.4. The molecule has 5 atom stereocenters. The van der Waals surface area contributed by atoms with E-state index in [1.807, 2.05) is 13.8 Å². The van der Waals surface area contributed by atoms with Crippen LogP contribution >= 0.6 is 19.3 Å². The zero-order chi connectivity index (χ0) is 38.2. The molecule has 1 saturated heterocycles. The van der Waals surface area contributed by atoms with E-state index in [-0.39, 0.29) is 59.0 Å². The van der Waals surface area contributed by atoms with Crippen LogP contribution < -0.4 is 14.9 Å². The fourth-order valence-electron chi connectivity index (χ4n) is 5.18. The summed E-state index contributed by atoms with van der Waals surface area (Å²) >= 11 is 6.28. The van der Waals surface area contributed by atoms with Crippen LogP contribution in [-0.2, 0) is 37.7 Å². The van der Waals surface area contributed by atoms with Crippen LogP contribution in [0.3, 0.4) is 0 Å². The zero-order valence-corrected chi connectivity index (χ0v) is 32.0. The molecule has 2 N–H and O–H groups in total. The SMILES string of the molecule is C#C[C@]1(CO[P@@](=O)(N[C@@H](C)C(=O)OCC(CC)CC)Oc2ccccc2)OCC(n2cnc3c(NC(=O)C(C)C)nc(Cl)nc32)[C@@H]1OC(=O)C(C)C. The molecular weight excluding hydrogens is 715 g/mol. The molecule has 15 nitrogen and oxygen atoms in total. The van der Waals surface area contributed by atoms with Gasteiger partial charge in [-0.1, -0.05) is 78.5 Å². The van der Waals surface area contributed by atoms with Gasteiger partial charge in [-0.25, -0.2) is 9.55 Å². The number of terminal acetylenes is 1. The molecule has 0 spiro atoms. The predicted octanol–water partition coefficient (Wildman–Crippen LogP) is 5.75. The van der Waals surface area contributed by atoms with Gasteiger partial charge in [0.05, 0.1) is 25.5 Å². The van der Waals surface area contributed by atoms with Crippen LogP contribution in [0, 0.1) is 30.1 Å². The van der Waals surface area contributed by atoms with E-state index in [1.54, 1.807) is 62.6 Å². The van der Waals surface area contributed by atoms with Gasteiger partial charge >= 0.3 is 19.7 Å². The first-order valence-electron chi connectivity index (χ1n) is 17.1. The van der Waals surface area contributed by atoms with Crippen LogP contribution in [-0.4, -0.2) is 74.9 Å². The lowest BCUT2D eigenvalue weighted by Crippen LogP contribution is -2.48. The predicted molar refractivity (Wildman–Crippen MR) is 193 cm³/mol. The minimum Gasteiger partial charge on any atom is -0.464 e. The largest absolute Gasteiger partial charge is 0.464 e. The smallest absolute Gasteiger partial charge is 0.459 e. The number of esters is 2. The van der Waals surface area contributed by atoms with Crippen LogP contribution in [0.1, 0.15) is 67.3 Å². The summed E-state index contributed by atoms with van der Waals surface area (Å²) in [6.07, 6.45) is 7.92. The van der Waals surface area contributed by atoms with Gasteiger partial charge in [-0.15, -0.1) is 6.42 Å². The monoisotopic (exact) mass is 760 g/mol. The number of anilines is 1. The number of rotatable bonds is 17. The number of imidazole rings is 1. The average Bonchev–Trinajstić information content (AvgIpc) is 3.69. The normalized spacial score (nSPS) is 20.4. The van der Waals surface area contributed by atoms with Crippen molar-refractivity contribution in [3.05, 3.63) is 41.9 Å². The van der Waals surface area contributed by atoms with Gasteiger partial charge < -0.3 is 28.6 Å². The Hall–Kier alpha value is -4.06. The lowest BCUT2D eigenvalue weighted by Gasteiger charge is -2.33. The van der Waals surface area contributed by atoms with Gasteiger partial charge in [-0.2, -0.15) is 15.1 Å². The number of hydrogen-bond acceptors (Lipinski definition) is 12. The number of aromatic nitrogens is 4. The number of benzene rings is 1. The average molecular weight is 761 g/mol. The van der Waals surface area contributed by atoms with E-state index in [9.17, 15) is 18.9 Å². The highest BCUT2D eigenvalue weighted by Crippen LogP contribution is 2.48. The minimum atomic E-state index is -4.42. The summed E-state index contributed by atoms with van der Waals surface area (Å²) in [7, 11) is -4.42. The first-order valence-corrected chi connectivity index (χ1v) is 19.0. The van der Waals surface area contributed by atoms with Crippen molar-refractivity contribution in [1.82, 2.24) is 24.6 Å². The molecule has 0 aliphatic carbocycles. The third-order valence-corrected chi connectivity index (χ3v) is 10.3. The molecule has 0 bridgehead atoms. The van der Waals surface area contributed by atoms with Crippen molar-refractivity contribution in [2.75, 3.05) is 25.1 Å². The van der Waals surface area contributed by atoms with Crippen LogP contribution in [0.2, 0.25) is 5.28 Å². The number of nitrogens with one attached hydrogen (secondary N) is 2. The minimum absolute atomic E-state index is 0.0891. The topological polar surface area (TPSA) is 182 Å². The van der Waals surface area contributed by atoms with Gasteiger partial charge in [-0.05, 0) is 36.6 Å². The number of carbonyl (C=O) groups is 3. The maximum Gasteiger partial charge on any atom is 0.459 e. The molecule has 1 aliphatic rings. The second kappa shape index (κ2) is 17.6. The van der Waals surface area contributed by atoms with Crippen molar-refractivity contribution in [2.24, 2.45) is 17.8 Å². The number of ether oxygens (including phenoxy) is 3. The summed E-state index contributed by atoms with van der Waals surface area (Å²) in [5.74, 6) is 0.518. The second-order valence-electron chi connectivity index (χ2n) is 13.1. The van der Waals surface area contributed by atoms with Gasteiger partial charge in [0, 0.05) is 5.92 Å². The quantitative estimate of drug-likeness (QED) is 0.0736. The fourth-order valence-corrected chi connectivity index (χ4v) is 6.86. The van der Waals surface area contributed by atoms with Gasteiger partial charge in [0.25, 0.3) is 0 Å². The zero-order valence-electron chi connectivity index (χ0n) is 30.3. The second-order valence-corrected chi connectivity index (χ2v) is 15.1. The molecule has 282 valence electrons. The van der Waals surface area contributed by atoms with Gasteiger partial charge in [0.2, 0.25) is 11.2 Å². The Morgan fingerprint density at radius 3 is 2.40 bits per heavy atom. The highest BCUT2D eigenvalue weighted by atomic mass is 35.5. The lowest BCUT2D eigenvalue weighted by atomic mass is 9.95. The third kappa shape index (κ3) is 9.67. The Bertz CT molecular complexity index is 1810. The first kappa shape index (κ1) is 40.7. The standard InChI is InChI=1S/C35H46ClN6O9P/c1-9-24(10-2)17-47-33(45)23(8)41-52(46,51-25-15-13-12-14-16-25)49-19-35(11-3)28(50-32(44)22(6)7)26(18-48-35)42-20-37-27-29(38-31(43)21(4)5)39-34(36)40-30(27)42/h3,12-16,20-24,26,28H,9-10,17-19H2,1-2,4-8H3,(H,41,46)(H,38,39,40,43)/t23-,26?,28-,35+,52-/m0/s1. The molecule has 0 saturated carbocycles. The van der Waals surface area contributed by atoms with Crippen molar-refractivity contribution >= 4 is 54.2 Å². The Labute approximate surface area is 308 Å². The maximum atomic E-state index is 14.4. The van der Waals surface area contributed by atoms with Crippen LogP contribution in [0.25, 0.3) is 11.2 Å². The van der Waals surface area contributed by atoms with Crippen molar-refractivity contribution in [3.63, 3.8) is 0 Å². The highest BCUT2D eigenvalue weighted by Gasteiger charge is 2.55. The van der Waals surface area contributed by atoms with Crippen molar-refractivity contribution in [2.45, 2.75) is 85.1 Å². The summed E-state index contributed by atoms with van der Waals surface area (Å²) in [5, 5.41) is 5.20. The Kier molecular flexibility index (Phi) is 13.8. The number of fused-ring (bicyclic) bond motifs is 1. The molecule has 1 amide bonds. The van der Waals surface area contributed by atoms with Crippen molar-refractivity contribution in [3.8, 4) is 18.1 Å². The van der Waals surface area contributed by atoms with Gasteiger partial charge in [0.1, 0.15) is 24.4 Å². The molecule has 3 aromatic rings. The number of nitrogens with zero attached hydrogens (tertiary/aromatic N) is 4. The molecular formula is C35H46ClN6O9P. The van der Waals surface area contributed by atoms with Gasteiger partial charge in [-0.3, -0.25) is 18.9 Å². The van der Waals surface area contributed by atoms with E-state index in [0.717, 1.165) is 12.8 Å². The van der Waals surface area contributed by atoms with Gasteiger partial charge in [0.15, 0.2) is 28.7 Å². The molecule has 3 heterocycles. The van der Waals surface area contributed by atoms with E-state index in [0.29, 0.717) is 0 Å². The Morgan fingerprint density at radius 1 is 1.10 bits per heavy atom. The summed E-state index contributed by atoms with van der Waals surface area (Å²) in [6, 6.07) is 6.25. The van der Waals surface area contributed by atoms with E-state index >= 15 is 0 Å². The third-order valence-electron chi connectivity index (χ3n) is 8.54. The molecule has 2 aromatic heterocycles. The molecule has 4 rings (SSSR count). The molecule has 1 aliphatic heterocycles. The Balaban J connectivity index is 1.68. The lowest BCUT2D eigenvalue weighted by molar-refractivity contribution is -0.162. The van der Waals surface area contributed by atoms with Crippen molar-refractivity contribution < 1.29 is 42.2 Å². The number of halogens is 1. The van der Waals surface area contributed by atoms with E-state index in [1.165, 1.54) is 13.3 Å². The van der Waals surface area contributed by atoms with E-state index in [2.05, 4.69) is 31.3 Å². The van der Waals surface area contributed by atoms with E-state index < -0.39 is 56.0 Å². The first-order chi connectivity index (χ1) is 24.7. The Morgan fingerprint density at radius 2 is 1.79 bits per heavy atom. The molecule has 1 unspecified atom stereocenters. The van der Waals surface area contributed by atoms with E-state index in [4.69, 9.17) is 41.3 Å². The molecule has 0 radical (unpaired) electrons. The molecule has 1 aromatic carbocycles. The summed E-state index contributed by atoms with van der Waals surface area (Å²) in [6.45, 7) is 11.7. The molecule has 1 fully saturated rings. The number of para-hydroxylation sites is 1.